The van der Waals surface area contributed by atoms with E-state index in [2.05, 4.69) is 21.0 Å². The zero-order valence-electron chi connectivity index (χ0n) is 18.0. The van der Waals surface area contributed by atoms with Crippen LogP contribution in [0.15, 0.2) is 24.5 Å². The van der Waals surface area contributed by atoms with Crippen LogP contribution < -0.4 is 0 Å². The minimum absolute atomic E-state index is 0.00519. The van der Waals surface area contributed by atoms with Gasteiger partial charge in [-0.3, -0.25) is 9.78 Å². The lowest BCUT2D eigenvalue weighted by Crippen LogP contribution is -2.19. The van der Waals surface area contributed by atoms with Gasteiger partial charge in [-0.25, -0.2) is 18.7 Å². The molecule has 1 amide bonds. The maximum absolute atomic E-state index is 12.8. The van der Waals surface area contributed by atoms with Gasteiger partial charge in [0.1, 0.15) is 11.5 Å². The number of halogens is 3. The predicted molar refractivity (Wildman–Crippen MR) is 112 cm³/mol. The Bertz CT molecular complexity index is 1150. The molecule has 1 aromatic carbocycles. The highest BCUT2D eigenvalue weighted by atomic mass is 19.3. The topological polar surface area (TPSA) is 87.7 Å². The van der Waals surface area contributed by atoms with E-state index in [9.17, 15) is 18.1 Å². The lowest BCUT2D eigenvalue weighted by molar-refractivity contribution is 0.0336. The molecule has 0 atom stereocenters. The monoisotopic (exact) mass is 444 g/mol. The summed E-state index contributed by atoms with van der Waals surface area (Å²) in [4.78, 5) is 22.9. The molecule has 1 fully saturated rings. The molecule has 0 saturated heterocycles. The summed E-state index contributed by atoms with van der Waals surface area (Å²) in [6.45, 7) is 3.23. The number of imidazole rings is 1. The fraction of sp³-hybridized carbons (Fsp3) is 0.409. The average molecular weight is 444 g/mol. The predicted octanol–water partition coefficient (Wildman–Crippen LogP) is 4.18. The van der Waals surface area contributed by atoms with Crippen molar-refractivity contribution in [1.82, 2.24) is 24.6 Å². The zero-order chi connectivity index (χ0) is 23.4. The third-order valence-electron chi connectivity index (χ3n) is 5.14. The Hall–Kier alpha value is -3.48. The highest BCUT2D eigenvalue weighted by Crippen LogP contribution is 2.34. The maximum atomic E-state index is 12.8. The normalized spacial score (nSPS) is 12.9. The molecule has 0 radical (unpaired) electrons. The summed E-state index contributed by atoms with van der Waals surface area (Å²) in [6, 6.07) is 5.52. The van der Waals surface area contributed by atoms with Gasteiger partial charge in [-0.15, -0.1) is 0 Å². The molecule has 1 aliphatic rings. The van der Waals surface area contributed by atoms with Crippen LogP contribution in [0.5, 0.6) is 0 Å². The van der Waals surface area contributed by atoms with E-state index in [1.54, 1.807) is 23.6 Å². The second-order valence-corrected chi connectivity index (χ2v) is 7.72. The van der Waals surface area contributed by atoms with Crippen LogP contribution in [-0.2, 0) is 13.0 Å². The molecule has 0 unspecified atom stereocenters. The van der Waals surface area contributed by atoms with E-state index in [-0.39, 0.29) is 17.4 Å². The summed E-state index contributed by atoms with van der Waals surface area (Å²) in [7, 11) is 1.02. The highest BCUT2D eigenvalue weighted by molar-refractivity contribution is 5.90. The van der Waals surface area contributed by atoms with Gasteiger partial charge in [-0.2, -0.15) is 10.4 Å². The molecule has 1 saturated carbocycles. The van der Waals surface area contributed by atoms with Crippen LogP contribution in [-0.4, -0.2) is 44.0 Å². The second-order valence-electron chi connectivity index (χ2n) is 7.72. The van der Waals surface area contributed by atoms with Crippen LogP contribution in [0.1, 0.15) is 46.0 Å². The number of carbonyl (C=O) groups is 1. The third kappa shape index (κ3) is 5.41. The number of hydrogen-bond donors (Lipinski definition) is 0. The van der Waals surface area contributed by atoms with Crippen molar-refractivity contribution in [2.45, 2.75) is 46.1 Å². The Morgan fingerprint density at radius 3 is 2.53 bits per heavy atom. The van der Waals surface area contributed by atoms with E-state index in [0.29, 0.717) is 28.2 Å². The van der Waals surface area contributed by atoms with E-state index in [0.717, 1.165) is 37.7 Å². The number of carbonyl (C=O) groups excluding carboxylic acids is 1. The van der Waals surface area contributed by atoms with Crippen molar-refractivity contribution in [1.29, 1.82) is 5.26 Å². The Balaban J connectivity index is 0.000000207. The lowest BCUT2D eigenvalue weighted by atomic mass is 10.1. The SMILES string of the molecule is Cc1c(C#N)ccc2c1nc(CC1CC1)n2CC(F)F.Cc1cnc(C(=O)N(C)F)cn1. The van der Waals surface area contributed by atoms with Crippen molar-refractivity contribution in [2.75, 3.05) is 7.05 Å². The third-order valence-corrected chi connectivity index (χ3v) is 5.14. The summed E-state index contributed by atoms with van der Waals surface area (Å²) in [5.41, 5.74) is 3.41. The molecule has 1 aliphatic carbocycles. The highest BCUT2D eigenvalue weighted by Gasteiger charge is 2.26. The van der Waals surface area contributed by atoms with Gasteiger partial charge in [-0.05, 0) is 50.3 Å². The summed E-state index contributed by atoms with van der Waals surface area (Å²) in [5.74, 6) is 0.516. The van der Waals surface area contributed by atoms with Gasteiger partial charge in [-0.1, -0.05) is 4.48 Å². The average Bonchev–Trinajstić information content (AvgIpc) is 3.51. The molecule has 0 spiro atoms. The first kappa shape index (κ1) is 23.2. The van der Waals surface area contributed by atoms with Crippen LogP contribution in [0.25, 0.3) is 11.0 Å². The molecule has 168 valence electrons. The molecule has 0 aliphatic heterocycles. The van der Waals surface area contributed by atoms with Crippen LogP contribution in [0, 0.1) is 31.1 Å². The van der Waals surface area contributed by atoms with Crippen LogP contribution in [0.4, 0.5) is 13.3 Å². The molecule has 0 bridgehead atoms. The smallest absolute Gasteiger partial charge is 0.301 e. The Morgan fingerprint density at radius 1 is 1.28 bits per heavy atom. The van der Waals surface area contributed by atoms with E-state index in [4.69, 9.17) is 5.26 Å². The molecule has 2 aromatic heterocycles. The zero-order valence-corrected chi connectivity index (χ0v) is 18.0. The van der Waals surface area contributed by atoms with Crippen LogP contribution in [0.2, 0.25) is 0 Å². The molecule has 0 N–H and O–H groups in total. The number of hydrogen-bond acceptors (Lipinski definition) is 5. The summed E-state index contributed by atoms with van der Waals surface area (Å²) >= 11 is 0. The van der Waals surface area contributed by atoms with Crippen molar-refractivity contribution < 1.29 is 18.1 Å². The molecule has 3 aromatic rings. The first-order valence-corrected chi connectivity index (χ1v) is 10.1. The molecule has 2 heterocycles. The number of rotatable bonds is 5. The van der Waals surface area contributed by atoms with E-state index in [1.807, 2.05) is 6.92 Å². The number of aryl methyl sites for hydroxylation is 2. The van der Waals surface area contributed by atoms with Crippen molar-refractivity contribution in [3.05, 3.63) is 52.9 Å². The van der Waals surface area contributed by atoms with Crippen molar-refractivity contribution in [2.24, 2.45) is 5.92 Å². The van der Waals surface area contributed by atoms with Gasteiger partial charge < -0.3 is 4.57 Å². The number of benzene rings is 1. The van der Waals surface area contributed by atoms with Gasteiger partial charge in [0.25, 0.3) is 6.43 Å². The number of nitrogens with zero attached hydrogens (tertiary/aromatic N) is 6. The number of fused-ring (bicyclic) bond motifs is 1. The fourth-order valence-electron chi connectivity index (χ4n) is 3.23. The summed E-state index contributed by atoms with van der Waals surface area (Å²) < 4.78 is 39.5. The van der Waals surface area contributed by atoms with Gasteiger partial charge in [0.05, 0.1) is 41.1 Å². The summed E-state index contributed by atoms with van der Waals surface area (Å²) in [5, 5.41) is 9.02. The number of nitriles is 1. The molecular weight excluding hydrogens is 421 g/mol. The molecule has 7 nitrogen and oxygen atoms in total. The van der Waals surface area contributed by atoms with E-state index < -0.39 is 12.3 Å². The minimum atomic E-state index is -2.40. The van der Waals surface area contributed by atoms with E-state index >= 15 is 0 Å². The van der Waals surface area contributed by atoms with Crippen molar-refractivity contribution in [3.63, 3.8) is 0 Å². The minimum Gasteiger partial charge on any atom is -0.322 e. The Labute approximate surface area is 183 Å². The van der Waals surface area contributed by atoms with Gasteiger partial charge in [0, 0.05) is 19.7 Å². The fourth-order valence-corrected chi connectivity index (χ4v) is 3.23. The van der Waals surface area contributed by atoms with Gasteiger partial charge in [0.15, 0.2) is 0 Å². The molecule has 10 heteroatoms. The largest absolute Gasteiger partial charge is 0.322 e. The van der Waals surface area contributed by atoms with Crippen molar-refractivity contribution in [3.8, 4) is 6.07 Å². The quantitative estimate of drug-likeness (QED) is 0.551. The second kappa shape index (κ2) is 9.77. The number of amides is 1. The van der Waals surface area contributed by atoms with E-state index in [1.165, 1.54) is 12.4 Å². The number of aromatic nitrogens is 4. The van der Waals surface area contributed by atoms with Crippen LogP contribution in [0.3, 0.4) is 0 Å². The Kier molecular flexibility index (Phi) is 7.08. The maximum Gasteiger partial charge on any atom is 0.301 e. The van der Waals surface area contributed by atoms with Gasteiger partial charge >= 0.3 is 5.91 Å². The van der Waals surface area contributed by atoms with Crippen molar-refractivity contribution >= 4 is 16.9 Å². The Morgan fingerprint density at radius 2 is 2.00 bits per heavy atom. The first-order valence-electron chi connectivity index (χ1n) is 10.1. The molecular formula is C22H23F3N6O. The molecule has 32 heavy (non-hydrogen) atoms. The summed E-state index contributed by atoms with van der Waals surface area (Å²) in [6.07, 6.45) is 3.31. The molecule has 4 rings (SSSR count). The first-order chi connectivity index (χ1) is 15.2. The standard InChI is InChI=1S/C15H15F2N3.C7H8FN3O/c1-9-11(7-18)4-5-12-15(9)19-14(6-10-2-3-10)20(12)8-13(16)17;1-5-3-10-6(4-9-5)7(12)11(2)8/h4-5,10,13H,2-3,6,8H2,1H3;3-4H,1-2H3. The van der Waals surface area contributed by atoms with Crippen LogP contribution >= 0.6 is 0 Å². The lowest BCUT2D eigenvalue weighted by Gasteiger charge is -2.08. The van der Waals surface area contributed by atoms with Gasteiger partial charge in [0.2, 0.25) is 0 Å². The number of alkyl halides is 2.